The fourth-order valence-electron chi connectivity index (χ4n) is 2.04. The van der Waals surface area contributed by atoms with E-state index in [0.29, 0.717) is 17.0 Å². The van der Waals surface area contributed by atoms with E-state index in [-0.39, 0.29) is 5.69 Å². The Kier molecular flexibility index (Phi) is 3.12. The third-order valence-electron chi connectivity index (χ3n) is 3.01. The van der Waals surface area contributed by atoms with Gasteiger partial charge in [0, 0.05) is 23.6 Å². The molecule has 0 unspecified atom stereocenters. The molecular formula is C14H10ClN3O2. The second-order valence-electron chi connectivity index (χ2n) is 4.45. The molecule has 1 N–H and O–H groups in total. The van der Waals surface area contributed by atoms with Crippen LogP contribution in [-0.4, -0.2) is 14.9 Å². The predicted molar refractivity (Wildman–Crippen MR) is 77.0 cm³/mol. The summed E-state index contributed by atoms with van der Waals surface area (Å²) in [6, 6.07) is 12.1. The monoisotopic (exact) mass is 287 g/mol. The van der Waals surface area contributed by atoms with E-state index in [1.54, 1.807) is 6.07 Å². The van der Waals surface area contributed by atoms with Crippen molar-refractivity contribution in [3.63, 3.8) is 0 Å². The lowest BCUT2D eigenvalue weighted by Gasteiger charge is -1.97. The maximum absolute atomic E-state index is 10.7. The number of halogens is 1. The van der Waals surface area contributed by atoms with Crippen LogP contribution in [0.15, 0.2) is 42.5 Å². The number of imidazole rings is 1. The van der Waals surface area contributed by atoms with Crippen LogP contribution in [0.1, 0.15) is 11.4 Å². The number of nitro benzene ring substituents is 1. The van der Waals surface area contributed by atoms with Crippen LogP contribution in [0.25, 0.3) is 11.0 Å². The number of fused-ring (bicyclic) bond motifs is 1. The number of rotatable bonds is 3. The van der Waals surface area contributed by atoms with Crippen molar-refractivity contribution < 1.29 is 4.92 Å². The largest absolute Gasteiger partial charge is 0.341 e. The number of aromatic amines is 1. The van der Waals surface area contributed by atoms with Crippen LogP contribution in [0, 0.1) is 10.1 Å². The number of H-pyrrole nitrogens is 1. The number of nitro groups is 1. The molecule has 0 amide bonds. The van der Waals surface area contributed by atoms with Gasteiger partial charge in [0.1, 0.15) is 5.82 Å². The van der Waals surface area contributed by atoms with Gasteiger partial charge in [0.15, 0.2) is 0 Å². The average molecular weight is 288 g/mol. The van der Waals surface area contributed by atoms with Gasteiger partial charge in [-0.15, -0.1) is 0 Å². The summed E-state index contributed by atoms with van der Waals surface area (Å²) in [5.74, 6) is 0.767. The van der Waals surface area contributed by atoms with Crippen LogP contribution in [0.4, 0.5) is 5.69 Å². The molecule has 0 saturated carbocycles. The van der Waals surface area contributed by atoms with Gasteiger partial charge in [-0.3, -0.25) is 10.1 Å². The third-order valence-corrected chi connectivity index (χ3v) is 3.26. The molecule has 0 bridgehead atoms. The zero-order valence-electron chi connectivity index (χ0n) is 10.3. The molecule has 0 spiro atoms. The Hall–Kier alpha value is -2.40. The van der Waals surface area contributed by atoms with Crippen molar-refractivity contribution in [3.8, 4) is 0 Å². The lowest BCUT2D eigenvalue weighted by molar-refractivity contribution is -0.384. The quantitative estimate of drug-likeness (QED) is 0.589. The molecule has 0 atom stereocenters. The number of nitrogens with one attached hydrogen (secondary N) is 1. The Morgan fingerprint density at radius 1 is 1.20 bits per heavy atom. The summed E-state index contributed by atoms with van der Waals surface area (Å²) in [5, 5.41) is 11.4. The van der Waals surface area contributed by atoms with Gasteiger partial charge in [0.05, 0.1) is 16.0 Å². The van der Waals surface area contributed by atoms with Gasteiger partial charge in [-0.2, -0.15) is 0 Å². The molecule has 2 aromatic carbocycles. The minimum Gasteiger partial charge on any atom is -0.341 e. The van der Waals surface area contributed by atoms with E-state index in [4.69, 9.17) is 11.6 Å². The summed E-state index contributed by atoms with van der Waals surface area (Å²) in [6.45, 7) is 0. The van der Waals surface area contributed by atoms with Crippen LogP contribution >= 0.6 is 11.6 Å². The van der Waals surface area contributed by atoms with Gasteiger partial charge in [0.25, 0.3) is 5.69 Å². The Balaban J connectivity index is 1.92. The van der Waals surface area contributed by atoms with Crippen molar-refractivity contribution in [2.75, 3.05) is 0 Å². The summed E-state index contributed by atoms with van der Waals surface area (Å²) in [7, 11) is 0. The highest BCUT2D eigenvalue weighted by molar-refractivity contribution is 6.30. The van der Waals surface area contributed by atoms with Gasteiger partial charge in [0.2, 0.25) is 0 Å². The van der Waals surface area contributed by atoms with E-state index in [1.807, 2.05) is 24.3 Å². The minimum atomic E-state index is -0.418. The Morgan fingerprint density at radius 3 is 2.65 bits per heavy atom. The van der Waals surface area contributed by atoms with E-state index in [1.165, 1.54) is 12.1 Å². The van der Waals surface area contributed by atoms with Crippen molar-refractivity contribution in [2.45, 2.75) is 6.42 Å². The molecule has 5 nitrogen and oxygen atoms in total. The summed E-state index contributed by atoms with van der Waals surface area (Å²) >= 11 is 5.84. The fraction of sp³-hybridized carbons (Fsp3) is 0.0714. The SMILES string of the molecule is O=[N+]([O-])c1ccc2nc(Cc3ccc(Cl)cc3)[nH]c2c1. The van der Waals surface area contributed by atoms with Gasteiger partial charge in [-0.25, -0.2) is 4.98 Å². The van der Waals surface area contributed by atoms with Crippen LogP contribution in [0.3, 0.4) is 0 Å². The molecule has 0 radical (unpaired) electrons. The summed E-state index contributed by atoms with van der Waals surface area (Å²) in [6.07, 6.45) is 0.625. The predicted octanol–water partition coefficient (Wildman–Crippen LogP) is 3.72. The third kappa shape index (κ3) is 2.48. The number of non-ortho nitro benzene ring substituents is 1. The standard InChI is InChI=1S/C14H10ClN3O2/c15-10-3-1-9(2-4-10)7-14-16-12-6-5-11(18(19)20)8-13(12)17-14/h1-6,8H,7H2,(H,16,17). The highest BCUT2D eigenvalue weighted by Gasteiger charge is 2.09. The molecule has 1 aromatic heterocycles. The van der Waals surface area contributed by atoms with Gasteiger partial charge < -0.3 is 4.98 Å². The number of nitrogens with zero attached hydrogens (tertiary/aromatic N) is 2. The van der Waals surface area contributed by atoms with E-state index in [9.17, 15) is 10.1 Å². The van der Waals surface area contributed by atoms with Crippen molar-refractivity contribution in [1.82, 2.24) is 9.97 Å². The maximum Gasteiger partial charge on any atom is 0.271 e. The molecule has 3 rings (SSSR count). The number of aromatic nitrogens is 2. The first-order valence-electron chi connectivity index (χ1n) is 5.99. The first-order valence-corrected chi connectivity index (χ1v) is 6.37. The number of hydrogen-bond acceptors (Lipinski definition) is 3. The van der Waals surface area contributed by atoms with Crippen LogP contribution < -0.4 is 0 Å². The average Bonchev–Trinajstić information content (AvgIpc) is 2.82. The zero-order chi connectivity index (χ0) is 14.1. The van der Waals surface area contributed by atoms with Crippen molar-refractivity contribution in [2.24, 2.45) is 0 Å². The lowest BCUT2D eigenvalue weighted by atomic mass is 10.1. The summed E-state index contributed by atoms with van der Waals surface area (Å²) in [5.41, 5.74) is 2.52. The van der Waals surface area contributed by atoms with E-state index in [2.05, 4.69) is 9.97 Å². The molecule has 0 aliphatic rings. The van der Waals surface area contributed by atoms with E-state index >= 15 is 0 Å². The highest BCUT2D eigenvalue weighted by atomic mass is 35.5. The molecule has 20 heavy (non-hydrogen) atoms. The Labute approximate surface area is 119 Å². The molecular weight excluding hydrogens is 278 g/mol. The normalized spacial score (nSPS) is 10.8. The Morgan fingerprint density at radius 2 is 1.95 bits per heavy atom. The number of hydrogen-bond donors (Lipinski definition) is 1. The molecule has 100 valence electrons. The smallest absolute Gasteiger partial charge is 0.271 e. The van der Waals surface area contributed by atoms with Crippen molar-refractivity contribution in [3.05, 3.63) is 69.0 Å². The summed E-state index contributed by atoms with van der Waals surface area (Å²) in [4.78, 5) is 17.8. The highest BCUT2D eigenvalue weighted by Crippen LogP contribution is 2.20. The maximum atomic E-state index is 10.7. The van der Waals surface area contributed by atoms with Crippen molar-refractivity contribution in [1.29, 1.82) is 0 Å². The molecule has 6 heteroatoms. The second kappa shape index (κ2) is 4.94. The molecule has 0 aliphatic heterocycles. The van der Waals surface area contributed by atoms with Crippen LogP contribution in [0.2, 0.25) is 5.02 Å². The molecule has 0 fully saturated rings. The topological polar surface area (TPSA) is 71.8 Å². The summed E-state index contributed by atoms with van der Waals surface area (Å²) < 4.78 is 0. The first-order chi connectivity index (χ1) is 9.61. The minimum absolute atomic E-state index is 0.0548. The first kappa shape index (κ1) is 12.6. The molecule has 3 aromatic rings. The van der Waals surface area contributed by atoms with Gasteiger partial charge in [-0.05, 0) is 23.8 Å². The van der Waals surface area contributed by atoms with Gasteiger partial charge >= 0.3 is 0 Å². The Bertz CT molecular complexity index is 781. The second-order valence-corrected chi connectivity index (χ2v) is 4.88. The van der Waals surface area contributed by atoms with E-state index in [0.717, 1.165) is 16.9 Å². The van der Waals surface area contributed by atoms with Crippen LogP contribution in [0.5, 0.6) is 0 Å². The fourth-order valence-corrected chi connectivity index (χ4v) is 2.17. The van der Waals surface area contributed by atoms with Crippen LogP contribution in [-0.2, 0) is 6.42 Å². The number of benzene rings is 2. The lowest BCUT2D eigenvalue weighted by Crippen LogP contribution is -1.89. The molecule has 1 heterocycles. The molecule has 0 saturated heterocycles. The van der Waals surface area contributed by atoms with Gasteiger partial charge in [-0.1, -0.05) is 23.7 Å². The van der Waals surface area contributed by atoms with Crippen molar-refractivity contribution >= 4 is 28.3 Å². The zero-order valence-corrected chi connectivity index (χ0v) is 11.1. The molecule has 0 aliphatic carbocycles. The van der Waals surface area contributed by atoms with E-state index < -0.39 is 4.92 Å².